The molecular formula is C18H17FO3. The summed E-state index contributed by atoms with van der Waals surface area (Å²) in [7, 11) is 0. The number of aliphatic hydroxyl groups excluding tert-OH is 1. The average Bonchev–Trinajstić information content (AvgIpc) is 2.49. The fourth-order valence-corrected chi connectivity index (χ4v) is 1.97. The van der Waals surface area contributed by atoms with Crippen LogP contribution in [0.5, 0.6) is 5.75 Å². The minimum Gasteiger partial charge on any atom is -0.423 e. The number of hydrogen-bond donors (Lipinski definition) is 1. The van der Waals surface area contributed by atoms with Gasteiger partial charge in [-0.2, -0.15) is 0 Å². The van der Waals surface area contributed by atoms with Crippen LogP contribution in [-0.2, 0) is 11.2 Å². The highest BCUT2D eigenvalue weighted by atomic mass is 19.1. The van der Waals surface area contributed by atoms with Crippen molar-refractivity contribution in [3.63, 3.8) is 0 Å². The number of rotatable bonds is 5. The van der Waals surface area contributed by atoms with Gasteiger partial charge in [0, 0.05) is 23.8 Å². The third kappa shape index (κ3) is 3.80. The Morgan fingerprint density at radius 1 is 1.23 bits per heavy atom. The molecule has 2 aromatic rings. The van der Waals surface area contributed by atoms with Gasteiger partial charge in [-0.05, 0) is 36.6 Å². The Morgan fingerprint density at radius 2 is 1.91 bits per heavy atom. The summed E-state index contributed by atoms with van der Waals surface area (Å²) in [6.07, 6.45) is 0.568. The van der Waals surface area contributed by atoms with E-state index in [2.05, 4.69) is 6.58 Å². The van der Waals surface area contributed by atoms with Crippen molar-refractivity contribution >= 4 is 5.97 Å². The Bertz CT molecular complexity index is 690. The minimum absolute atomic E-state index is 0.0799. The van der Waals surface area contributed by atoms with Gasteiger partial charge in [-0.3, -0.25) is 0 Å². The summed E-state index contributed by atoms with van der Waals surface area (Å²) in [6, 6.07) is 11.6. The first-order chi connectivity index (χ1) is 10.5. The van der Waals surface area contributed by atoms with Crippen LogP contribution in [0.2, 0.25) is 0 Å². The lowest BCUT2D eigenvalue weighted by atomic mass is 10.0. The van der Waals surface area contributed by atoms with Crippen molar-refractivity contribution in [3.05, 3.63) is 66.0 Å². The molecule has 0 saturated heterocycles. The molecule has 0 spiro atoms. The van der Waals surface area contributed by atoms with E-state index in [0.29, 0.717) is 12.0 Å². The fourth-order valence-electron chi connectivity index (χ4n) is 1.97. The first kappa shape index (κ1) is 15.9. The molecule has 2 rings (SSSR count). The number of hydrogen-bond acceptors (Lipinski definition) is 3. The molecule has 0 aliphatic rings. The summed E-state index contributed by atoms with van der Waals surface area (Å²) in [5.74, 6) is -0.909. The summed E-state index contributed by atoms with van der Waals surface area (Å²) >= 11 is 0. The van der Waals surface area contributed by atoms with Crippen LogP contribution in [-0.4, -0.2) is 17.7 Å². The Balaban J connectivity index is 2.22. The van der Waals surface area contributed by atoms with Crippen LogP contribution >= 0.6 is 0 Å². The zero-order chi connectivity index (χ0) is 16.1. The zero-order valence-electron chi connectivity index (χ0n) is 12.3. The van der Waals surface area contributed by atoms with Gasteiger partial charge in [-0.15, -0.1) is 0 Å². The third-order valence-electron chi connectivity index (χ3n) is 3.16. The van der Waals surface area contributed by atoms with E-state index >= 15 is 0 Å². The zero-order valence-corrected chi connectivity index (χ0v) is 12.3. The largest absolute Gasteiger partial charge is 0.423 e. The molecule has 0 bridgehead atoms. The summed E-state index contributed by atoms with van der Waals surface area (Å²) < 4.78 is 19.2. The van der Waals surface area contributed by atoms with Crippen molar-refractivity contribution in [1.29, 1.82) is 0 Å². The molecular weight excluding hydrogens is 283 g/mol. The molecule has 1 N–H and O–H groups in total. The van der Waals surface area contributed by atoms with Crippen molar-refractivity contribution < 1.29 is 19.0 Å². The van der Waals surface area contributed by atoms with Crippen molar-refractivity contribution in [3.8, 4) is 16.9 Å². The predicted molar refractivity (Wildman–Crippen MR) is 83.1 cm³/mol. The Labute approximate surface area is 128 Å². The van der Waals surface area contributed by atoms with Crippen LogP contribution < -0.4 is 4.74 Å². The van der Waals surface area contributed by atoms with Gasteiger partial charge in [0.15, 0.2) is 0 Å². The van der Waals surface area contributed by atoms with Crippen LogP contribution in [0.4, 0.5) is 4.39 Å². The van der Waals surface area contributed by atoms with Gasteiger partial charge in [0.1, 0.15) is 11.6 Å². The van der Waals surface area contributed by atoms with E-state index in [1.807, 2.05) is 12.1 Å². The molecule has 22 heavy (non-hydrogen) atoms. The second-order valence-corrected chi connectivity index (χ2v) is 4.98. The number of aliphatic hydroxyl groups is 1. The van der Waals surface area contributed by atoms with E-state index in [9.17, 15) is 9.18 Å². The molecule has 0 heterocycles. The number of ether oxygens (including phenoxy) is 1. The molecule has 3 nitrogen and oxygen atoms in total. The molecule has 0 amide bonds. The minimum atomic E-state index is -0.583. The van der Waals surface area contributed by atoms with Crippen LogP contribution in [0, 0.1) is 5.82 Å². The molecule has 114 valence electrons. The molecule has 0 atom stereocenters. The highest BCUT2D eigenvalue weighted by Gasteiger charge is 2.10. The Morgan fingerprint density at radius 3 is 2.45 bits per heavy atom. The SMILES string of the molecule is C=C(C)C(=O)Oc1ccc(-c2ccc(CCO)cc2)c(F)c1. The maximum absolute atomic E-state index is 14.2. The normalized spacial score (nSPS) is 10.3. The number of benzene rings is 2. The second-order valence-electron chi connectivity index (χ2n) is 4.98. The number of carbonyl (C=O) groups is 1. The molecule has 0 aliphatic heterocycles. The topological polar surface area (TPSA) is 46.5 Å². The van der Waals surface area contributed by atoms with Gasteiger partial charge in [0.2, 0.25) is 0 Å². The highest BCUT2D eigenvalue weighted by molar-refractivity contribution is 5.88. The Kier molecular flexibility index (Phi) is 5.07. The molecule has 4 heteroatoms. The maximum Gasteiger partial charge on any atom is 0.338 e. The second kappa shape index (κ2) is 7.00. The molecule has 0 saturated carbocycles. The monoisotopic (exact) mass is 300 g/mol. The predicted octanol–water partition coefficient (Wildman–Crippen LogP) is 3.51. The van der Waals surface area contributed by atoms with Gasteiger partial charge in [-0.25, -0.2) is 9.18 Å². The van der Waals surface area contributed by atoms with Gasteiger partial charge in [-0.1, -0.05) is 30.8 Å². The quantitative estimate of drug-likeness (QED) is 0.522. The molecule has 0 unspecified atom stereocenters. The molecule has 0 fully saturated rings. The lowest BCUT2D eigenvalue weighted by Gasteiger charge is -2.08. The van der Waals surface area contributed by atoms with Crippen molar-refractivity contribution in [2.75, 3.05) is 6.61 Å². The van der Waals surface area contributed by atoms with E-state index in [1.54, 1.807) is 24.3 Å². The van der Waals surface area contributed by atoms with Gasteiger partial charge in [0.05, 0.1) is 0 Å². The standard InChI is InChI=1S/C18H17FO3/c1-12(2)18(21)22-15-7-8-16(17(19)11-15)14-5-3-13(4-6-14)9-10-20/h3-8,11,20H,1,9-10H2,2H3. The van der Waals surface area contributed by atoms with Gasteiger partial charge in [0.25, 0.3) is 0 Å². The van der Waals surface area contributed by atoms with Gasteiger partial charge < -0.3 is 9.84 Å². The van der Waals surface area contributed by atoms with E-state index in [4.69, 9.17) is 9.84 Å². The molecule has 0 aromatic heterocycles. The number of halogens is 1. The Hall–Kier alpha value is -2.46. The van der Waals surface area contributed by atoms with Crippen LogP contribution in [0.15, 0.2) is 54.6 Å². The summed E-state index contributed by atoms with van der Waals surface area (Å²) in [4.78, 5) is 11.4. The van der Waals surface area contributed by atoms with E-state index in [0.717, 1.165) is 11.1 Å². The lowest BCUT2D eigenvalue weighted by Crippen LogP contribution is -2.08. The number of carbonyl (C=O) groups excluding carboxylic acids is 1. The fraction of sp³-hybridized carbons (Fsp3) is 0.167. The number of esters is 1. The average molecular weight is 300 g/mol. The first-order valence-electron chi connectivity index (χ1n) is 6.88. The highest BCUT2D eigenvalue weighted by Crippen LogP contribution is 2.27. The van der Waals surface area contributed by atoms with Crippen LogP contribution in [0.3, 0.4) is 0 Å². The summed E-state index contributed by atoms with van der Waals surface area (Å²) in [5, 5.41) is 8.88. The maximum atomic E-state index is 14.2. The molecule has 2 aromatic carbocycles. The van der Waals surface area contributed by atoms with Crippen molar-refractivity contribution in [2.45, 2.75) is 13.3 Å². The molecule has 0 radical (unpaired) electrons. The van der Waals surface area contributed by atoms with E-state index < -0.39 is 11.8 Å². The van der Waals surface area contributed by atoms with Crippen LogP contribution in [0.25, 0.3) is 11.1 Å². The van der Waals surface area contributed by atoms with E-state index in [1.165, 1.54) is 13.0 Å². The third-order valence-corrected chi connectivity index (χ3v) is 3.16. The summed E-state index contributed by atoms with van der Waals surface area (Å²) in [5.41, 5.74) is 2.38. The lowest BCUT2D eigenvalue weighted by molar-refractivity contribution is -0.130. The molecule has 0 aliphatic carbocycles. The van der Waals surface area contributed by atoms with Crippen LogP contribution in [0.1, 0.15) is 12.5 Å². The summed E-state index contributed by atoms with van der Waals surface area (Å²) in [6.45, 7) is 5.08. The smallest absolute Gasteiger partial charge is 0.338 e. The first-order valence-corrected chi connectivity index (χ1v) is 6.88. The van der Waals surface area contributed by atoms with Crippen molar-refractivity contribution in [1.82, 2.24) is 0 Å². The van der Waals surface area contributed by atoms with E-state index in [-0.39, 0.29) is 17.9 Å². The van der Waals surface area contributed by atoms with Gasteiger partial charge >= 0.3 is 5.97 Å². The van der Waals surface area contributed by atoms with Crippen molar-refractivity contribution in [2.24, 2.45) is 0 Å².